The van der Waals surface area contributed by atoms with Crippen molar-refractivity contribution in [2.24, 2.45) is 0 Å². The maximum Gasteiger partial charge on any atom is 0.0474 e. The average molecular weight is 144 g/mol. The first-order chi connectivity index (χ1) is 4.85. The predicted molar refractivity (Wildman–Crippen MR) is 44.0 cm³/mol. The first-order valence-corrected chi connectivity index (χ1v) is 3.85. The van der Waals surface area contributed by atoms with Gasteiger partial charge in [0.1, 0.15) is 0 Å². The molecule has 0 saturated carbocycles. The molecule has 0 heterocycles. The van der Waals surface area contributed by atoms with Gasteiger partial charge in [0.05, 0.1) is 0 Å². The number of rotatable bonds is 6. The van der Waals surface area contributed by atoms with Crippen LogP contribution < -0.4 is 0 Å². The van der Waals surface area contributed by atoms with E-state index in [-0.39, 0.29) is 0 Å². The Morgan fingerprint density at radius 1 is 1.50 bits per heavy atom. The quantitative estimate of drug-likeness (QED) is 0.519. The summed E-state index contributed by atoms with van der Waals surface area (Å²) < 4.78 is 4.93. The zero-order chi connectivity index (χ0) is 7.82. The van der Waals surface area contributed by atoms with Gasteiger partial charge >= 0.3 is 0 Å². The minimum atomic E-state index is 0.858. The molecule has 2 nitrogen and oxygen atoms in total. The second kappa shape index (κ2) is 7.03. The fraction of sp³-hybridized carbons (Fsp3) is 0.875. The van der Waals surface area contributed by atoms with Crippen LogP contribution in [-0.4, -0.2) is 38.3 Å². The fourth-order valence-corrected chi connectivity index (χ4v) is 0.861. The van der Waals surface area contributed by atoms with Gasteiger partial charge in [0.15, 0.2) is 0 Å². The number of hydrogen-bond acceptors (Lipinski definition) is 2. The molecule has 0 saturated heterocycles. The lowest BCUT2D eigenvalue weighted by Gasteiger charge is -2.16. The van der Waals surface area contributed by atoms with Crippen LogP contribution in [0, 0.1) is 6.92 Å². The molecular formula is C8H18NO. The molecule has 0 unspecified atom stereocenters. The van der Waals surface area contributed by atoms with Crippen molar-refractivity contribution < 1.29 is 4.74 Å². The lowest BCUT2D eigenvalue weighted by Crippen LogP contribution is -2.24. The zero-order valence-corrected chi connectivity index (χ0v) is 7.10. The summed E-state index contributed by atoms with van der Waals surface area (Å²) in [6.45, 7) is 9.93. The second-order valence-electron chi connectivity index (χ2n) is 2.28. The van der Waals surface area contributed by atoms with E-state index in [4.69, 9.17) is 4.74 Å². The number of methoxy groups -OCH3 is 1. The van der Waals surface area contributed by atoms with E-state index >= 15 is 0 Å². The van der Waals surface area contributed by atoms with Gasteiger partial charge in [-0.1, -0.05) is 6.92 Å². The van der Waals surface area contributed by atoms with Crippen molar-refractivity contribution in [3.8, 4) is 0 Å². The first-order valence-electron chi connectivity index (χ1n) is 3.85. The van der Waals surface area contributed by atoms with Crippen LogP contribution in [0.15, 0.2) is 0 Å². The predicted octanol–water partition coefficient (Wildman–Crippen LogP) is 1.18. The van der Waals surface area contributed by atoms with E-state index in [1.165, 1.54) is 0 Å². The third kappa shape index (κ3) is 4.77. The molecule has 0 fully saturated rings. The van der Waals surface area contributed by atoms with E-state index < -0.39 is 0 Å². The number of hydrogen-bond donors (Lipinski definition) is 0. The second-order valence-corrected chi connectivity index (χ2v) is 2.28. The summed E-state index contributed by atoms with van der Waals surface area (Å²) in [5.74, 6) is 0. The molecule has 0 aromatic rings. The van der Waals surface area contributed by atoms with E-state index in [1.54, 1.807) is 7.11 Å². The van der Waals surface area contributed by atoms with E-state index in [1.807, 2.05) is 0 Å². The van der Waals surface area contributed by atoms with Crippen LogP contribution >= 0.6 is 0 Å². The average Bonchev–Trinajstić information content (AvgIpc) is 1.99. The Morgan fingerprint density at radius 3 is 2.60 bits per heavy atom. The molecule has 0 aliphatic heterocycles. The Kier molecular flexibility index (Phi) is 6.98. The highest BCUT2D eigenvalue weighted by atomic mass is 16.5. The summed E-state index contributed by atoms with van der Waals surface area (Å²) in [6.07, 6.45) is 1.11. The van der Waals surface area contributed by atoms with Gasteiger partial charge in [-0.25, -0.2) is 0 Å². The van der Waals surface area contributed by atoms with Crippen LogP contribution in [0.5, 0.6) is 0 Å². The minimum Gasteiger partial charge on any atom is -0.385 e. The molecule has 0 aliphatic rings. The van der Waals surface area contributed by atoms with E-state index in [9.17, 15) is 0 Å². The molecule has 10 heavy (non-hydrogen) atoms. The molecule has 61 valence electrons. The van der Waals surface area contributed by atoms with Crippen molar-refractivity contribution in [2.45, 2.75) is 13.3 Å². The van der Waals surface area contributed by atoms with Crippen LogP contribution in [0.3, 0.4) is 0 Å². The van der Waals surface area contributed by atoms with Gasteiger partial charge in [0.2, 0.25) is 0 Å². The summed E-state index contributed by atoms with van der Waals surface area (Å²) in [5.41, 5.74) is 0. The Labute approximate surface area is 64.2 Å². The third-order valence-corrected chi connectivity index (χ3v) is 1.59. The van der Waals surface area contributed by atoms with Crippen molar-refractivity contribution in [3.63, 3.8) is 0 Å². The number of ether oxygens (including phenoxy) is 1. The fourth-order valence-electron chi connectivity index (χ4n) is 0.861. The highest BCUT2D eigenvalue weighted by molar-refractivity contribution is 4.55. The standard InChI is InChI=1S/C8H18NO/c1-4-9(5-2)7-6-8-10-3/h1,4-8H2,2-3H3. The van der Waals surface area contributed by atoms with Crippen LogP contribution in [0.4, 0.5) is 0 Å². The Hall–Kier alpha value is -0.0800. The van der Waals surface area contributed by atoms with Crippen LogP contribution in [0.2, 0.25) is 0 Å². The molecular weight excluding hydrogens is 126 g/mol. The van der Waals surface area contributed by atoms with Crippen LogP contribution in [-0.2, 0) is 4.74 Å². The Balaban J connectivity index is 3.09. The first kappa shape index (κ1) is 9.92. The Bertz CT molecular complexity index is 62.3. The van der Waals surface area contributed by atoms with Crippen LogP contribution in [0.25, 0.3) is 0 Å². The van der Waals surface area contributed by atoms with E-state index in [2.05, 4.69) is 18.7 Å². The molecule has 0 bridgehead atoms. The molecule has 0 amide bonds. The summed E-state index contributed by atoms with van der Waals surface area (Å²) in [6, 6.07) is 0. The summed E-state index contributed by atoms with van der Waals surface area (Å²) >= 11 is 0. The maximum atomic E-state index is 4.93. The molecule has 0 N–H and O–H groups in total. The SMILES string of the molecule is [CH2]CN(CC)CCCOC. The zero-order valence-electron chi connectivity index (χ0n) is 7.10. The molecule has 0 atom stereocenters. The van der Waals surface area contributed by atoms with Gasteiger partial charge in [0.25, 0.3) is 0 Å². The van der Waals surface area contributed by atoms with E-state index in [0.717, 1.165) is 32.7 Å². The van der Waals surface area contributed by atoms with Gasteiger partial charge in [-0.15, -0.1) is 0 Å². The molecule has 0 spiro atoms. The third-order valence-electron chi connectivity index (χ3n) is 1.59. The molecule has 0 rings (SSSR count). The molecule has 0 aliphatic carbocycles. The molecule has 1 radical (unpaired) electrons. The Morgan fingerprint density at radius 2 is 2.20 bits per heavy atom. The van der Waals surface area contributed by atoms with Gasteiger partial charge < -0.3 is 9.64 Å². The minimum absolute atomic E-state index is 0.858. The monoisotopic (exact) mass is 144 g/mol. The summed E-state index contributed by atoms with van der Waals surface area (Å²) in [7, 11) is 1.74. The van der Waals surface area contributed by atoms with Crippen molar-refractivity contribution >= 4 is 0 Å². The molecule has 0 aromatic heterocycles. The van der Waals surface area contributed by atoms with Crippen LogP contribution in [0.1, 0.15) is 13.3 Å². The topological polar surface area (TPSA) is 12.5 Å². The van der Waals surface area contributed by atoms with E-state index in [0.29, 0.717) is 0 Å². The van der Waals surface area contributed by atoms with Gasteiger partial charge in [0, 0.05) is 20.3 Å². The highest BCUT2D eigenvalue weighted by Crippen LogP contribution is 1.89. The van der Waals surface area contributed by atoms with Gasteiger partial charge in [-0.3, -0.25) is 0 Å². The number of nitrogens with zero attached hydrogens (tertiary/aromatic N) is 1. The van der Waals surface area contributed by atoms with Crippen molar-refractivity contribution in [1.29, 1.82) is 0 Å². The van der Waals surface area contributed by atoms with Crippen molar-refractivity contribution in [1.82, 2.24) is 4.90 Å². The largest absolute Gasteiger partial charge is 0.385 e. The lowest BCUT2D eigenvalue weighted by atomic mass is 10.4. The summed E-state index contributed by atoms with van der Waals surface area (Å²) in [5, 5.41) is 0. The highest BCUT2D eigenvalue weighted by Gasteiger charge is 1.96. The van der Waals surface area contributed by atoms with Crippen molar-refractivity contribution in [2.75, 3.05) is 33.4 Å². The van der Waals surface area contributed by atoms with Gasteiger partial charge in [-0.05, 0) is 26.4 Å². The normalized spacial score (nSPS) is 10.8. The maximum absolute atomic E-state index is 4.93. The molecule has 2 heteroatoms. The molecule has 0 aromatic carbocycles. The lowest BCUT2D eigenvalue weighted by molar-refractivity contribution is 0.177. The van der Waals surface area contributed by atoms with Gasteiger partial charge in [-0.2, -0.15) is 0 Å². The van der Waals surface area contributed by atoms with Crippen molar-refractivity contribution in [3.05, 3.63) is 6.92 Å². The smallest absolute Gasteiger partial charge is 0.0474 e. The summed E-state index contributed by atoms with van der Waals surface area (Å²) in [4.78, 5) is 2.29.